The van der Waals surface area contributed by atoms with Gasteiger partial charge in [0.25, 0.3) is 5.91 Å². The lowest BCUT2D eigenvalue weighted by Crippen LogP contribution is -2.27. The van der Waals surface area contributed by atoms with E-state index in [0.717, 1.165) is 18.4 Å². The number of benzene rings is 2. The van der Waals surface area contributed by atoms with E-state index in [9.17, 15) is 9.59 Å². The van der Waals surface area contributed by atoms with Crippen LogP contribution in [0.1, 0.15) is 41.8 Å². The SMILES string of the molecule is Cc1ccc(CCC(=O)NCc2nc(-c3ccccc3NC(=O)C3CCCO3)oc2C)cc1. The number of nitrogens with one attached hydrogen (secondary N) is 2. The van der Waals surface area contributed by atoms with E-state index in [0.29, 0.717) is 48.0 Å². The van der Waals surface area contributed by atoms with Crippen LogP contribution in [0, 0.1) is 13.8 Å². The van der Waals surface area contributed by atoms with Gasteiger partial charge in [0.05, 0.1) is 17.8 Å². The van der Waals surface area contributed by atoms with E-state index >= 15 is 0 Å². The van der Waals surface area contributed by atoms with Crippen molar-refractivity contribution in [3.8, 4) is 11.5 Å². The Labute approximate surface area is 193 Å². The lowest BCUT2D eigenvalue weighted by atomic mass is 10.1. The first kappa shape index (κ1) is 22.7. The zero-order valence-electron chi connectivity index (χ0n) is 19.0. The number of oxazole rings is 1. The van der Waals surface area contributed by atoms with Gasteiger partial charge in [0.15, 0.2) is 0 Å². The molecule has 1 saturated heterocycles. The Kier molecular flexibility index (Phi) is 7.19. The Morgan fingerprint density at radius 3 is 2.64 bits per heavy atom. The molecular weight excluding hydrogens is 418 g/mol. The molecule has 0 spiro atoms. The normalized spacial score (nSPS) is 15.4. The van der Waals surface area contributed by atoms with Crippen LogP contribution < -0.4 is 10.6 Å². The third-order valence-electron chi connectivity index (χ3n) is 5.74. The summed E-state index contributed by atoms with van der Waals surface area (Å²) >= 11 is 0. The Morgan fingerprint density at radius 2 is 1.88 bits per heavy atom. The molecular formula is C26H29N3O4. The molecule has 4 rings (SSSR count). The van der Waals surface area contributed by atoms with E-state index in [4.69, 9.17) is 9.15 Å². The maximum atomic E-state index is 12.5. The van der Waals surface area contributed by atoms with E-state index in [2.05, 4.69) is 27.8 Å². The lowest BCUT2D eigenvalue weighted by molar-refractivity contribution is -0.124. The van der Waals surface area contributed by atoms with Gasteiger partial charge in [0.1, 0.15) is 17.6 Å². The van der Waals surface area contributed by atoms with E-state index in [-0.39, 0.29) is 18.4 Å². The van der Waals surface area contributed by atoms with Gasteiger partial charge in [0.2, 0.25) is 11.8 Å². The monoisotopic (exact) mass is 447 g/mol. The van der Waals surface area contributed by atoms with Gasteiger partial charge >= 0.3 is 0 Å². The zero-order valence-corrected chi connectivity index (χ0v) is 19.0. The highest BCUT2D eigenvalue weighted by atomic mass is 16.5. The van der Waals surface area contributed by atoms with Crippen LogP contribution in [0.15, 0.2) is 52.9 Å². The number of ether oxygens (including phenoxy) is 1. The van der Waals surface area contributed by atoms with E-state index in [1.807, 2.05) is 50.2 Å². The molecule has 1 atom stereocenters. The molecule has 1 fully saturated rings. The maximum Gasteiger partial charge on any atom is 0.253 e. The van der Waals surface area contributed by atoms with Crippen molar-refractivity contribution in [1.29, 1.82) is 0 Å². The third-order valence-corrected chi connectivity index (χ3v) is 5.74. The minimum absolute atomic E-state index is 0.0382. The second-order valence-corrected chi connectivity index (χ2v) is 8.32. The Balaban J connectivity index is 1.37. The highest BCUT2D eigenvalue weighted by Crippen LogP contribution is 2.29. The first-order chi connectivity index (χ1) is 16.0. The molecule has 33 heavy (non-hydrogen) atoms. The molecule has 7 heteroatoms. The number of rotatable bonds is 8. The molecule has 0 radical (unpaired) electrons. The van der Waals surface area contributed by atoms with Crippen molar-refractivity contribution >= 4 is 17.5 Å². The topological polar surface area (TPSA) is 93.5 Å². The van der Waals surface area contributed by atoms with Crippen LogP contribution in [-0.2, 0) is 27.3 Å². The number of amides is 2. The van der Waals surface area contributed by atoms with Crippen LogP contribution in [0.25, 0.3) is 11.5 Å². The number of carbonyl (C=O) groups is 2. The van der Waals surface area contributed by atoms with E-state index < -0.39 is 6.10 Å². The van der Waals surface area contributed by atoms with Crippen molar-refractivity contribution < 1.29 is 18.7 Å². The number of anilines is 1. The molecule has 0 bridgehead atoms. The quantitative estimate of drug-likeness (QED) is 0.536. The molecule has 1 aliphatic rings. The van der Waals surface area contributed by atoms with Gasteiger partial charge in [-0.25, -0.2) is 4.98 Å². The fourth-order valence-corrected chi connectivity index (χ4v) is 3.77. The highest BCUT2D eigenvalue weighted by Gasteiger charge is 2.25. The van der Waals surface area contributed by atoms with Gasteiger partial charge in [-0.1, -0.05) is 42.0 Å². The third kappa shape index (κ3) is 5.87. The van der Waals surface area contributed by atoms with Crippen molar-refractivity contribution in [3.05, 3.63) is 71.1 Å². The molecule has 172 valence electrons. The number of para-hydroxylation sites is 1. The first-order valence-corrected chi connectivity index (χ1v) is 11.3. The summed E-state index contributed by atoms with van der Waals surface area (Å²) in [5.41, 5.74) is 4.30. The van der Waals surface area contributed by atoms with Crippen molar-refractivity contribution in [2.45, 2.75) is 52.2 Å². The van der Waals surface area contributed by atoms with Crippen molar-refractivity contribution in [2.24, 2.45) is 0 Å². The van der Waals surface area contributed by atoms with Crippen LogP contribution in [-0.4, -0.2) is 29.5 Å². The summed E-state index contributed by atoms with van der Waals surface area (Å²) in [5.74, 6) is 0.830. The molecule has 2 heterocycles. The van der Waals surface area contributed by atoms with Gasteiger partial charge in [-0.05, 0) is 50.8 Å². The summed E-state index contributed by atoms with van der Waals surface area (Å²) in [6, 6.07) is 15.6. The van der Waals surface area contributed by atoms with Gasteiger partial charge in [0, 0.05) is 13.0 Å². The first-order valence-electron chi connectivity index (χ1n) is 11.3. The Bertz CT molecular complexity index is 1110. The smallest absolute Gasteiger partial charge is 0.253 e. The molecule has 1 aromatic heterocycles. The van der Waals surface area contributed by atoms with Crippen LogP contribution in [0.5, 0.6) is 0 Å². The average Bonchev–Trinajstić information content (AvgIpc) is 3.48. The second-order valence-electron chi connectivity index (χ2n) is 8.32. The average molecular weight is 448 g/mol. The van der Waals surface area contributed by atoms with Crippen LogP contribution in [0.4, 0.5) is 5.69 Å². The number of hydrogen-bond donors (Lipinski definition) is 2. The van der Waals surface area contributed by atoms with Gasteiger partial charge in [-0.2, -0.15) is 0 Å². The fraction of sp³-hybridized carbons (Fsp3) is 0.346. The van der Waals surface area contributed by atoms with E-state index in [1.54, 1.807) is 0 Å². The molecule has 2 aromatic carbocycles. The zero-order chi connectivity index (χ0) is 23.2. The van der Waals surface area contributed by atoms with Crippen molar-refractivity contribution in [2.75, 3.05) is 11.9 Å². The number of carbonyl (C=O) groups excluding carboxylic acids is 2. The molecule has 3 aromatic rings. The minimum atomic E-state index is -0.421. The molecule has 2 amide bonds. The summed E-state index contributed by atoms with van der Waals surface area (Å²) in [6.45, 7) is 4.75. The molecule has 0 saturated carbocycles. The Morgan fingerprint density at radius 1 is 1.09 bits per heavy atom. The van der Waals surface area contributed by atoms with E-state index in [1.165, 1.54) is 5.56 Å². The Hall–Kier alpha value is -3.45. The van der Waals surface area contributed by atoms with Gasteiger partial charge in [-0.15, -0.1) is 0 Å². The van der Waals surface area contributed by atoms with Crippen LogP contribution >= 0.6 is 0 Å². The summed E-state index contributed by atoms with van der Waals surface area (Å²) in [5, 5.41) is 5.85. The second kappa shape index (κ2) is 10.4. The molecule has 2 N–H and O–H groups in total. The highest BCUT2D eigenvalue weighted by molar-refractivity contribution is 5.97. The standard InChI is InChI=1S/C26H29N3O4/c1-17-9-11-19(12-10-17)13-14-24(30)27-16-22-18(2)33-26(29-22)20-6-3-4-7-21(20)28-25(31)23-8-5-15-32-23/h3-4,6-7,9-12,23H,5,8,13-16H2,1-2H3,(H,27,30)(H,28,31). The van der Waals surface area contributed by atoms with Crippen LogP contribution in [0.3, 0.4) is 0 Å². The predicted octanol–water partition coefficient (Wildman–Crippen LogP) is 4.32. The van der Waals surface area contributed by atoms with Crippen molar-refractivity contribution in [3.63, 3.8) is 0 Å². The van der Waals surface area contributed by atoms with Crippen molar-refractivity contribution in [1.82, 2.24) is 10.3 Å². The van der Waals surface area contributed by atoms with Crippen LogP contribution in [0.2, 0.25) is 0 Å². The number of aromatic nitrogens is 1. The maximum absolute atomic E-state index is 12.5. The summed E-state index contributed by atoms with van der Waals surface area (Å²) in [6.07, 6.45) is 2.28. The molecule has 0 aliphatic carbocycles. The lowest BCUT2D eigenvalue weighted by Gasteiger charge is -2.12. The minimum Gasteiger partial charge on any atom is -0.441 e. The summed E-state index contributed by atoms with van der Waals surface area (Å²) in [7, 11) is 0. The molecule has 1 aliphatic heterocycles. The summed E-state index contributed by atoms with van der Waals surface area (Å²) < 4.78 is 11.3. The number of aryl methyl sites for hydroxylation is 3. The number of hydrogen-bond acceptors (Lipinski definition) is 5. The fourth-order valence-electron chi connectivity index (χ4n) is 3.77. The predicted molar refractivity (Wildman–Crippen MR) is 126 cm³/mol. The largest absolute Gasteiger partial charge is 0.441 e. The molecule has 7 nitrogen and oxygen atoms in total. The van der Waals surface area contributed by atoms with Gasteiger partial charge < -0.3 is 19.8 Å². The summed E-state index contributed by atoms with van der Waals surface area (Å²) in [4.78, 5) is 29.4. The van der Waals surface area contributed by atoms with Gasteiger partial charge in [-0.3, -0.25) is 9.59 Å². The molecule has 1 unspecified atom stereocenters. The number of nitrogens with zero attached hydrogens (tertiary/aromatic N) is 1.